The van der Waals surface area contributed by atoms with Crippen LogP contribution in [0.5, 0.6) is 0 Å². The highest BCUT2D eigenvalue weighted by atomic mass is 16.5. The summed E-state index contributed by atoms with van der Waals surface area (Å²) < 4.78 is 5.17. The molecule has 0 unspecified atom stereocenters. The van der Waals surface area contributed by atoms with Gasteiger partial charge in [0.15, 0.2) is 5.82 Å². The van der Waals surface area contributed by atoms with Gasteiger partial charge in [-0.2, -0.15) is 0 Å². The van der Waals surface area contributed by atoms with Crippen LogP contribution < -0.4 is 5.32 Å². The van der Waals surface area contributed by atoms with E-state index in [1.807, 2.05) is 30.3 Å². The molecule has 2 aromatic rings. The minimum atomic E-state index is -0.475. The van der Waals surface area contributed by atoms with E-state index in [-0.39, 0.29) is 6.61 Å². The van der Waals surface area contributed by atoms with Crippen molar-refractivity contribution in [2.45, 2.75) is 25.0 Å². The first kappa shape index (κ1) is 11.6. The number of rotatable bonds is 4. The number of benzene rings is 1. The highest BCUT2D eigenvalue weighted by Gasteiger charge is 2.49. The molecular weight excluding hydrogens is 246 g/mol. The van der Waals surface area contributed by atoms with Crippen molar-refractivity contribution in [2.24, 2.45) is 0 Å². The normalized spacial score (nSPS) is 15.8. The molecule has 1 amide bonds. The number of alkyl carbamates (subject to hydrolysis) is 1. The molecule has 1 aromatic carbocycles. The Labute approximate surface area is 109 Å². The zero-order valence-corrected chi connectivity index (χ0v) is 10.2. The van der Waals surface area contributed by atoms with Crippen LogP contribution in [0.2, 0.25) is 0 Å². The van der Waals surface area contributed by atoms with Gasteiger partial charge in [0.2, 0.25) is 0 Å². The predicted octanol–water partition coefficient (Wildman–Crippen LogP) is 1.12. The number of aromatic nitrogens is 4. The van der Waals surface area contributed by atoms with E-state index in [0.717, 1.165) is 18.4 Å². The Morgan fingerprint density at radius 2 is 2.16 bits per heavy atom. The minimum Gasteiger partial charge on any atom is -0.445 e. The number of carbonyl (C=O) groups is 1. The third kappa shape index (κ3) is 2.54. The van der Waals surface area contributed by atoms with Gasteiger partial charge < -0.3 is 10.1 Å². The van der Waals surface area contributed by atoms with E-state index in [1.165, 1.54) is 0 Å². The second-order valence-electron chi connectivity index (χ2n) is 4.52. The Morgan fingerprint density at radius 3 is 2.79 bits per heavy atom. The maximum absolute atomic E-state index is 11.8. The first-order chi connectivity index (χ1) is 9.28. The molecule has 0 aliphatic heterocycles. The molecule has 1 aromatic heterocycles. The predicted molar refractivity (Wildman–Crippen MR) is 64.9 cm³/mol. The molecule has 3 rings (SSSR count). The van der Waals surface area contributed by atoms with E-state index < -0.39 is 11.6 Å². The van der Waals surface area contributed by atoms with Crippen molar-refractivity contribution >= 4 is 6.09 Å². The van der Waals surface area contributed by atoms with Gasteiger partial charge in [0.05, 0.1) is 0 Å². The largest absolute Gasteiger partial charge is 0.445 e. The van der Waals surface area contributed by atoms with Gasteiger partial charge in [-0.25, -0.2) is 9.89 Å². The highest BCUT2D eigenvalue weighted by molar-refractivity contribution is 5.69. The monoisotopic (exact) mass is 259 g/mol. The van der Waals surface area contributed by atoms with E-state index in [1.54, 1.807) is 0 Å². The SMILES string of the molecule is O=C(NC1(c2nnn[nH]2)CC1)OCc1ccccc1. The van der Waals surface area contributed by atoms with Gasteiger partial charge in [-0.15, -0.1) is 5.10 Å². The summed E-state index contributed by atoms with van der Waals surface area (Å²) in [6.45, 7) is 0.247. The number of nitrogens with zero attached hydrogens (tertiary/aromatic N) is 3. The molecule has 0 radical (unpaired) electrons. The number of tetrazole rings is 1. The summed E-state index contributed by atoms with van der Waals surface area (Å²) in [4.78, 5) is 11.8. The molecule has 1 heterocycles. The molecule has 0 bridgehead atoms. The van der Waals surface area contributed by atoms with Gasteiger partial charge >= 0.3 is 6.09 Å². The van der Waals surface area contributed by atoms with Gasteiger partial charge in [0.1, 0.15) is 12.1 Å². The first-order valence-electron chi connectivity index (χ1n) is 6.02. The van der Waals surface area contributed by atoms with Crippen LogP contribution in [0.4, 0.5) is 4.79 Å². The molecular formula is C12H13N5O2. The van der Waals surface area contributed by atoms with Gasteiger partial charge in [0.25, 0.3) is 0 Å². The fourth-order valence-corrected chi connectivity index (χ4v) is 1.86. The quantitative estimate of drug-likeness (QED) is 0.858. The Morgan fingerprint density at radius 1 is 1.37 bits per heavy atom. The van der Waals surface area contributed by atoms with Gasteiger partial charge in [0, 0.05) is 0 Å². The maximum atomic E-state index is 11.8. The molecule has 2 N–H and O–H groups in total. The van der Waals surface area contributed by atoms with Crippen LogP contribution in [0.25, 0.3) is 0 Å². The topological polar surface area (TPSA) is 92.8 Å². The number of hydrogen-bond acceptors (Lipinski definition) is 5. The summed E-state index contributed by atoms with van der Waals surface area (Å²) in [6.07, 6.45) is 1.16. The minimum absolute atomic E-state index is 0.247. The second kappa shape index (κ2) is 4.68. The maximum Gasteiger partial charge on any atom is 0.408 e. The van der Waals surface area contributed by atoms with Crippen molar-refractivity contribution < 1.29 is 9.53 Å². The molecule has 1 fully saturated rings. The number of ether oxygens (including phenoxy) is 1. The summed E-state index contributed by atoms with van der Waals surface area (Å²) in [6, 6.07) is 9.53. The number of carbonyl (C=O) groups excluding carboxylic acids is 1. The summed E-state index contributed by atoms with van der Waals surface area (Å²) in [5.74, 6) is 0.573. The summed E-state index contributed by atoms with van der Waals surface area (Å²) in [7, 11) is 0. The lowest BCUT2D eigenvalue weighted by atomic mass is 10.2. The Kier molecular flexibility index (Phi) is 2.86. The molecule has 0 saturated heterocycles. The van der Waals surface area contributed by atoms with Crippen LogP contribution in [0.15, 0.2) is 30.3 Å². The lowest BCUT2D eigenvalue weighted by Gasteiger charge is -2.13. The number of amides is 1. The average Bonchev–Trinajstić information content (AvgIpc) is 3.01. The lowest BCUT2D eigenvalue weighted by molar-refractivity contribution is 0.133. The van der Waals surface area contributed by atoms with Crippen molar-refractivity contribution in [3.05, 3.63) is 41.7 Å². The second-order valence-corrected chi connectivity index (χ2v) is 4.52. The van der Waals surface area contributed by atoms with E-state index in [4.69, 9.17) is 4.74 Å². The summed E-state index contributed by atoms with van der Waals surface area (Å²) in [5.41, 5.74) is 0.473. The van der Waals surface area contributed by atoms with Crippen molar-refractivity contribution in [3.8, 4) is 0 Å². The lowest BCUT2D eigenvalue weighted by Crippen LogP contribution is -2.36. The van der Waals surface area contributed by atoms with E-state index in [9.17, 15) is 4.79 Å². The van der Waals surface area contributed by atoms with Gasteiger partial charge in [-0.3, -0.25) is 0 Å². The van der Waals surface area contributed by atoms with Crippen LogP contribution in [0.3, 0.4) is 0 Å². The van der Waals surface area contributed by atoms with Gasteiger partial charge in [-0.05, 0) is 28.8 Å². The third-order valence-electron chi connectivity index (χ3n) is 3.10. The molecule has 1 aliphatic carbocycles. The zero-order valence-electron chi connectivity index (χ0n) is 10.2. The van der Waals surface area contributed by atoms with E-state index in [2.05, 4.69) is 25.9 Å². The van der Waals surface area contributed by atoms with E-state index in [0.29, 0.717) is 5.82 Å². The fraction of sp³-hybridized carbons (Fsp3) is 0.333. The summed E-state index contributed by atoms with van der Waals surface area (Å²) in [5, 5.41) is 16.3. The van der Waals surface area contributed by atoms with Crippen LogP contribution in [-0.2, 0) is 16.9 Å². The molecule has 7 nitrogen and oxygen atoms in total. The van der Waals surface area contributed by atoms with Crippen molar-refractivity contribution in [2.75, 3.05) is 0 Å². The number of aromatic amines is 1. The molecule has 19 heavy (non-hydrogen) atoms. The average molecular weight is 259 g/mol. The Bertz CT molecular complexity index is 551. The molecule has 98 valence electrons. The third-order valence-corrected chi connectivity index (χ3v) is 3.10. The smallest absolute Gasteiger partial charge is 0.408 e. The number of hydrogen-bond donors (Lipinski definition) is 2. The summed E-state index contributed by atoms with van der Waals surface area (Å²) >= 11 is 0. The molecule has 7 heteroatoms. The molecule has 0 atom stereocenters. The number of nitrogens with one attached hydrogen (secondary N) is 2. The van der Waals surface area contributed by atoms with Crippen LogP contribution in [0, 0.1) is 0 Å². The molecule has 1 aliphatic rings. The standard InChI is InChI=1S/C12H13N5O2/c18-11(19-8-9-4-2-1-3-5-9)13-12(6-7-12)10-14-16-17-15-10/h1-5H,6-8H2,(H,13,18)(H,14,15,16,17). The molecule has 0 spiro atoms. The molecule has 1 saturated carbocycles. The van der Waals surface area contributed by atoms with Crippen LogP contribution in [-0.4, -0.2) is 26.7 Å². The van der Waals surface area contributed by atoms with Crippen molar-refractivity contribution in [1.82, 2.24) is 25.9 Å². The number of H-pyrrole nitrogens is 1. The van der Waals surface area contributed by atoms with Crippen molar-refractivity contribution in [1.29, 1.82) is 0 Å². The first-order valence-corrected chi connectivity index (χ1v) is 6.02. The Balaban J connectivity index is 1.55. The van der Waals surface area contributed by atoms with Crippen LogP contribution >= 0.6 is 0 Å². The van der Waals surface area contributed by atoms with E-state index >= 15 is 0 Å². The highest BCUT2D eigenvalue weighted by Crippen LogP contribution is 2.43. The van der Waals surface area contributed by atoms with Gasteiger partial charge in [-0.1, -0.05) is 30.3 Å². The zero-order chi connectivity index (χ0) is 13.1. The van der Waals surface area contributed by atoms with Crippen molar-refractivity contribution in [3.63, 3.8) is 0 Å². The fourth-order valence-electron chi connectivity index (χ4n) is 1.86. The Hall–Kier alpha value is -2.44. The van der Waals surface area contributed by atoms with Crippen LogP contribution in [0.1, 0.15) is 24.2 Å².